The van der Waals surface area contributed by atoms with Crippen LogP contribution in [0, 0.1) is 12.8 Å². The van der Waals surface area contributed by atoms with E-state index in [0.717, 1.165) is 29.1 Å². The molecule has 1 saturated heterocycles. The molecule has 0 aliphatic carbocycles. The van der Waals surface area contributed by atoms with Gasteiger partial charge in [-0.3, -0.25) is 9.59 Å². The summed E-state index contributed by atoms with van der Waals surface area (Å²) < 4.78 is 0. The minimum atomic E-state index is -0.373. The van der Waals surface area contributed by atoms with Crippen LogP contribution < -0.4 is 10.2 Å². The number of carbonyl (C=O) groups is 2. The van der Waals surface area contributed by atoms with E-state index < -0.39 is 0 Å². The lowest BCUT2D eigenvalue weighted by Crippen LogP contribution is -2.28. The highest BCUT2D eigenvalue weighted by molar-refractivity contribution is 7.15. The van der Waals surface area contributed by atoms with Crippen molar-refractivity contribution in [1.29, 1.82) is 0 Å². The maximum Gasteiger partial charge on any atom is 0.231 e. The van der Waals surface area contributed by atoms with Gasteiger partial charge in [0.25, 0.3) is 0 Å². The SMILES string of the molecule is CCC(CC)c1nnc(NC(=O)[C@@H]2CC(=O)N(c3ccccc3C)C2)s1. The molecule has 0 radical (unpaired) electrons. The average Bonchev–Trinajstić information content (AvgIpc) is 3.24. The average molecular weight is 372 g/mol. The number of anilines is 2. The van der Waals surface area contributed by atoms with Gasteiger partial charge in [-0.25, -0.2) is 0 Å². The van der Waals surface area contributed by atoms with Gasteiger partial charge in [0.1, 0.15) is 5.01 Å². The number of amides is 2. The van der Waals surface area contributed by atoms with Crippen LogP contribution in [0.4, 0.5) is 10.8 Å². The largest absolute Gasteiger partial charge is 0.311 e. The minimum absolute atomic E-state index is 0.0190. The van der Waals surface area contributed by atoms with Crippen molar-refractivity contribution in [3.05, 3.63) is 34.8 Å². The number of nitrogens with one attached hydrogen (secondary N) is 1. The van der Waals surface area contributed by atoms with Crippen LogP contribution in [-0.2, 0) is 9.59 Å². The monoisotopic (exact) mass is 372 g/mol. The number of hydrogen-bond acceptors (Lipinski definition) is 5. The lowest BCUT2D eigenvalue weighted by atomic mass is 10.1. The molecule has 0 unspecified atom stereocenters. The molecule has 1 atom stereocenters. The predicted molar refractivity (Wildman–Crippen MR) is 104 cm³/mol. The van der Waals surface area contributed by atoms with Crippen molar-refractivity contribution in [1.82, 2.24) is 10.2 Å². The van der Waals surface area contributed by atoms with Gasteiger partial charge in [-0.1, -0.05) is 43.4 Å². The molecule has 2 heterocycles. The summed E-state index contributed by atoms with van der Waals surface area (Å²) in [5.41, 5.74) is 1.90. The zero-order valence-corrected chi connectivity index (χ0v) is 16.2. The fourth-order valence-electron chi connectivity index (χ4n) is 3.28. The summed E-state index contributed by atoms with van der Waals surface area (Å²) in [5.74, 6) is -0.179. The quantitative estimate of drug-likeness (QED) is 0.838. The molecule has 0 saturated carbocycles. The van der Waals surface area contributed by atoms with E-state index in [0.29, 0.717) is 17.6 Å². The Morgan fingerprint density at radius 3 is 2.73 bits per heavy atom. The van der Waals surface area contributed by atoms with Gasteiger partial charge in [0.2, 0.25) is 16.9 Å². The molecule has 1 aliphatic rings. The van der Waals surface area contributed by atoms with Gasteiger partial charge in [0.15, 0.2) is 0 Å². The normalized spacial score (nSPS) is 17.2. The van der Waals surface area contributed by atoms with E-state index in [1.165, 1.54) is 11.3 Å². The molecule has 1 N–H and O–H groups in total. The van der Waals surface area contributed by atoms with Crippen molar-refractivity contribution < 1.29 is 9.59 Å². The van der Waals surface area contributed by atoms with E-state index in [1.807, 2.05) is 31.2 Å². The predicted octanol–water partition coefficient (Wildman–Crippen LogP) is 3.74. The molecule has 2 amide bonds. The summed E-state index contributed by atoms with van der Waals surface area (Å²) in [6.45, 7) is 6.61. The Balaban J connectivity index is 1.66. The van der Waals surface area contributed by atoms with Crippen LogP contribution in [0.5, 0.6) is 0 Å². The molecule has 0 spiro atoms. The molecule has 1 aromatic carbocycles. The summed E-state index contributed by atoms with van der Waals surface area (Å²) in [5, 5.41) is 12.6. The smallest absolute Gasteiger partial charge is 0.231 e. The van der Waals surface area contributed by atoms with Gasteiger partial charge >= 0.3 is 0 Å². The first kappa shape index (κ1) is 18.5. The molecule has 1 aliphatic heterocycles. The molecule has 7 heteroatoms. The van der Waals surface area contributed by atoms with E-state index in [2.05, 4.69) is 29.4 Å². The third-order valence-corrected chi connectivity index (χ3v) is 5.91. The Bertz CT molecular complexity index is 800. The number of para-hydroxylation sites is 1. The van der Waals surface area contributed by atoms with E-state index in [1.54, 1.807) is 4.90 Å². The van der Waals surface area contributed by atoms with Crippen molar-refractivity contribution in [2.24, 2.45) is 5.92 Å². The fourth-order valence-corrected chi connectivity index (χ4v) is 4.29. The van der Waals surface area contributed by atoms with Crippen LogP contribution in [0.3, 0.4) is 0 Å². The van der Waals surface area contributed by atoms with Crippen molar-refractivity contribution in [2.75, 3.05) is 16.8 Å². The second-order valence-electron chi connectivity index (χ2n) is 6.64. The lowest BCUT2D eigenvalue weighted by molar-refractivity contribution is -0.122. The number of benzene rings is 1. The molecular formula is C19H24N4O2S. The molecule has 2 aromatic rings. The van der Waals surface area contributed by atoms with Gasteiger partial charge in [-0.2, -0.15) is 0 Å². The van der Waals surface area contributed by atoms with Gasteiger partial charge in [-0.05, 0) is 31.4 Å². The zero-order chi connectivity index (χ0) is 18.7. The fraction of sp³-hybridized carbons (Fsp3) is 0.474. The summed E-state index contributed by atoms with van der Waals surface area (Å²) in [4.78, 5) is 26.7. The Morgan fingerprint density at radius 2 is 2.04 bits per heavy atom. The molecule has 3 rings (SSSR count). The third-order valence-electron chi connectivity index (χ3n) is 4.91. The maximum atomic E-state index is 12.6. The van der Waals surface area contributed by atoms with Crippen molar-refractivity contribution in [2.45, 2.75) is 46.0 Å². The summed E-state index contributed by atoms with van der Waals surface area (Å²) in [7, 11) is 0. The highest BCUT2D eigenvalue weighted by Crippen LogP contribution is 2.30. The zero-order valence-electron chi connectivity index (χ0n) is 15.4. The lowest BCUT2D eigenvalue weighted by Gasteiger charge is -2.18. The molecule has 138 valence electrons. The van der Waals surface area contributed by atoms with Crippen LogP contribution >= 0.6 is 11.3 Å². The van der Waals surface area contributed by atoms with Crippen molar-refractivity contribution in [3.63, 3.8) is 0 Å². The first-order valence-corrected chi connectivity index (χ1v) is 9.85. The second-order valence-corrected chi connectivity index (χ2v) is 7.65. The Morgan fingerprint density at radius 1 is 1.31 bits per heavy atom. The van der Waals surface area contributed by atoms with E-state index in [9.17, 15) is 9.59 Å². The van der Waals surface area contributed by atoms with E-state index in [-0.39, 0.29) is 24.2 Å². The number of hydrogen-bond donors (Lipinski definition) is 1. The first-order chi connectivity index (χ1) is 12.5. The van der Waals surface area contributed by atoms with Gasteiger partial charge in [-0.15, -0.1) is 10.2 Å². The summed E-state index contributed by atoms with van der Waals surface area (Å²) in [6, 6.07) is 7.73. The number of carbonyl (C=O) groups excluding carboxylic acids is 2. The summed E-state index contributed by atoms with van der Waals surface area (Å²) in [6.07, 6.45) is 2.22. The van der Waals surface area contributed by atoms with Crippen LogP contribution in [-0.4, -0.2) is 28.6 Å². The molecule has 26 heavy (non-hydrogen) atoms. The highest BCUT2D eigenvalue weighted by atomic mass is 32.1. The van der Waals surface area contributed by atoms with Crippen LogP contribution in [0.25, 0.3) is 0 Å². The topological polar surface area (TPSA) is 75.2 Å². The Labute approximate surface area is 157 Å². The van der Waals surface area contributed by atoms with Crippen LogP contribution in [0.15, 0.2) is 24.3 Å². The van der Waals surface area contributed by atoms with E-state index >= 15 is 0 Å². The molecule has 1 aromatic heterocycles. The Hall–Kier alpha value is -2.28. The third kappa shape index (κ3) is 3.77. The van der Waals surface area contributed by atoms with Crippen molar-refractivity contribution >= 4 is 34.0 Å². The Kier molecular flexibility index (Phi) is 5.66. The molecule has 1 fully saturated rings. The standard InChI is InChI=1S/C19H24N4O2S/c1-4-13(5-2)18-21-22-19(26-18)20-17(25)14-10-16(24)23(11-14)15-9-7-6-8-12(15)3/h6-9,13-14H,4-5,10-11H2,1-3H3,(H,20,22,25)/t14-/m1/s1. The van der Waals surface area contributed by atoms with Crippen LogP contribution in [0.2, 0.25) is 0 Å². The van der Waals surface area contributed by atoms with E-state index in [4.69, 9.17) is 0 Å². The molecular weight excluding hydrogens is 348 g/mol. The maximum absolute atomic E-state index is 12.6. The molecule has 6 nitrogen and oxygen atoms in total. The summed E-state index contributed by atoms with van der Waals surface area (Å²) >= 11 is 1.42. The number of aryl methyl sites for hydroxylation is 1. The first-order valence-electron chi connectivity index (χ1n) is 9.03. The minimum Gasteiger partial charge on any atom is -0.311 e. The number of rotatable bonds is 6. The van der Waals surface area contributed by atoms with Crippen molar-refractivity contribution in [3.8, 4) is 0 Å². The molecule has 0 bridgehead atoms. The van der Waals surface area contributed by atoms with Gasteiger partial charge in [0, 0.05) is 24.6 Å². The number of nitrogens with zero attached hydrogens (tertiary/aromatic N) is 3. The van der Waals surface area contributed by atoms with Gasteiger partial charge < -0.3 is 10.2 Å². The second kappa shape index (κ2) is 7.95. The van der Waals surface area contributed by atoms with Crippen LogP contribution in [0.1, 0.15) is 49.6 Å². The highest BCUT2D eigenvalue weighted by Gasteiger charge is 2.36. The van der Waals surface area contributed by atoms with Gasteiger partial charge in [0.05, 0.1) is 5.92 Å². The number of aromatic nitrogens is 2.